The van der Waals surface area contributed by atoms with E-state index in [1.54, 1.807) is 43.4 Å². The maximum absolute atomic E-state index is 14.0. The van der Waals surface area contributed by atoms with Gasteiger partial charge in [-0.3, -0.25) is 9.36 Å². The Labute approximate surface area is 239 Å². The third-order valence-electron chi connectivity index (χ3n) is 7.40. The van der Waals surface area contributed by atoms with Crippen LogP contribution in [0, 0.1) is 5.92 Å². The number of fused-ring (bicyclic) bond motifs is 1. The number of piperidine rings is 1. The first-order valence-corrected chi connectivity index (χ1v) is 15.0. The molecule has 0 aliphatic carbocycles. The highest BCUT2D eigenvalue weighted by molar-refractivity contribution is 7.51. The van der Waals surface area contributed by atoms with Gasteiger partial charge in [-0.25, -0.2) is 4.98 Å². The molecule has 2 aromatic carbocycles. The van der Waals surface area contributed by atoms with Crippen LogP contribution >= 0.6 is 7.60 Å². The van der Waals surface area contributed by atoms with Gasteiger partial charge in [-0.2, -0.15) is 18.2 Å². The van der Waals surface area contributed by atoms with Crippen LogP contribution in [0.5, 0.6) is 5.75 Å². The average molecular weight is 607 g/mol. The molecule has 0 unspecified atom stereocenters. The predicted octanol–water partition coefficient (Wildman–Crippen LogP) is 4.97. The molecular weight excluding hydrogens is 576 g/mol. The molecule has 2 aliphatic rings. The van der Waals surface area contributed by atoms with E-state index in [0.29, 0.717) is 49.1 Å². The third-order valence-corrected chi connectivity index (χ3v) is 8.39. The molecule has 42 heavy (non-hydrogen) atoms. The second-order valence-corrected chi connectivity index (χ2v) is 12.0. The van der Waals surface area contributed by atoms with Crippen molar-refractivity contribution in [1.29, 1.82) is 0 Å². The molecule has 15 heteroatoms. The number of aromatic nitrogens is 2. The van der Waals surface area contributed by atoms with E-state index in [2.05, 4.69) is 20.6 Å². The van der Waals surface area contributed by atoms with Crippen molar-refractivity contribution < 1.29 is 37.1 Å². The molecule has 1 amide bonds. The van der Waals surface area contributed by atoms with Crippen LogP contribution in [0.1, 0.15) is 34.3 Å². The van der Waals surface area contributed by atoms with Gasteiger partial charge in [0.05, 0.1) is 30.2 Å². The number of benzene rings is 2. The Balaban J connectivity index is 1.47. The number of carbonyl (C=O) groups is 1. The standard InChI is InChI=1S/C27H30F3N6O5P/c1-35-14-17-21(36-11-9-16(10-12-36)15-42(38,39)40)8-7-20(23(17)25(35)37)32-24-18(27(28,29)30)13-31-26(34-24)33-19-5-3-4-6-22(19)41-2/h3-8,13,16H,9-12,14-15H2,1-2H3,(H2,38,39,40)(H2,31,32,33,34). The number of ether oxygens (including phenoxy) is 1. The van der Waals surface area contributed by atoms with Gasteiger partial charge < -0.3 is 35.0 Å². The Morgan fingerprint density at radius 1 is 1.10 bits per heavy atom. The zero-order valence-corrected chi connectivity index (χ0v) is 23.7. The van der Waals surface area contributed by atoms with Crippen LogP contribution in [-0.2, 0) is 17.3 Å². The molecule has 0 atom stereocenters. The van der Waals surface area contributed by atoms with Gasteiger partial charge in [-0.1, -0.05) is 12.1 Å². The molecule has 224 valence electrons. The number of hydrogen-bond donors (Lipinski definition) is 4. The highest BCUT2D eigenvalue weighted by Crippen LogP contribution is 2.43. The molecule has 11 nitrogen and oxygen atoms in total. The first-order chi connectivity index (χ1) is 19.8. The van der Waals surface area contributed by atoms with Crippen LogP contribution in [0.25, 0.3) is 0 Å². The van der Waals surface area contributed by atoms with Crippen LogP contribution in [-0.4, -0.2) is 64.0 Å². The smallest absolute Gasteiger partial charge is 0.421 e. The molecule has 1 aromatic heterocycles. The third kappa shape index (κ3) is 6.30. The summed E-state index contributed by atoms with van der Waals surface area (Å²) in [6, 6.07) is 10.1. The summed E-state index contributed by atoms with van der Waals surface area (Å²) in [4.78, 5) is 43.4. The van der Waals surface area contributed by atoms with Gasteiger partial charge in [0.1, 0.15) is 17.1 Å². The summed E-state index contributed by atoms with van der Waals surface area (Å²) in [6.07, 6.45) is -3.12. The van der Waals surface area contributed by atoms with Crippen molar-refractivity contribution in [2.75, 3.05) is 48.9 Å². The predicted molar refractivity (Wildman–Crippen MR) is 151 cm³/mol. The molecular formula is C27H30F3N6O5P. The van der Waals surface area contributed by atoms with Gasteiger partial charge in [0, 0.05) is 44.1 Å². The molecule has 0 saturated carbocycles. The van der Waals surface area contributed by atoms with E-state index in [9.17, 15) is 32.3 Å². The fraction of sp³-hybridized carbons (Fsp3) is 0.370. The monoisotopic (exact) mass is 606 g/mol. The summed E-state index contributed by atoms with van der Waals surface area (Å²) < 4.78 is 58.7. The first kappa shape index (κ1) is 29.6. The van der Waals surface area contributed by atoms with Crippen molar-refractivity contribution in [3.63, 3.8) is 0 Å². The van der Waals surface area contributed by atoms with Gasteiger partial charge in [0.2, 0.25) is 5.95 Å². The van der Waals surface area contributed by atoms with Crippen molar-refractivity contribution in [3.05, 3.63) is 59.3 Å². The lowest BCUT2D eigenvalue weighted by Gasteiger charge is -2.35. The minimum Gasteiger partial charge on any atom is -0.495 e. The number of amides is 1. The number of alkyl halides is 3. The quantitative estimate of drug-likeness (QED) is 0.260. The van der Waals surface area contributed by atoms with Crippen LogP contribution in [0.4, 0.5) is 42.0 Å². The summed E-state index contributed by atoms with van der Waals surface area (Å²) in [5.74, 6) is -0.642. The summed E-state index contributed by atoms with van der Waals surface area (Å²) >= 11 is 0. The summed E-state index contributed by atoms with van der Waals surface area (Å²) in [6.45, 7) is 1.33. The summed E-state index contributed by atoms with van der Waals surface area (Å²) in [5, 5.41) is 5.63. The minimum atomic E-state index is -4.77. The zero-order chi connectivity index (χ0) is 30.2. The lowest BCUT2D eigenvalue weighted by Crippen LogP contribution is -2.35. The maximum atomic E-state index is 14.0. The van der Waals surface area contributed by atoms with E-state index < -0.39 is 25.2 Å². The Kier molecular flexibility index (Phi) is 8.06. The molecule has 3 aromatic rings. The fourth-order valence-electron chi connectivity index (χ4n) is 5.37. The Bertz CT molecular complexity index is 1540. The summed E-state index contributed by atoms with van der Waals surface area (Å²) in [5.41, 5.74) is 1.20. The van der Waals surface area contributed by atoms with Crippen LogP contribution in [0.2, 0.25) is 0 Å². The highest BCUT2D eigenvalue weighted by atomic mass is 31.2. The second-order valence-electron chi connectivity index (χ2n) is 10.3. The van der Waals surface area contributed by atoms with Crippen LogP contribution in [0.15, 0.2) is 42.6 Å². The SMILES string of the molecule is COc1ccccc1Nc1ncc(C(F)(F)F)c(Nc2ccc(N3CCC(CP(=O)(O)O)CC3)c3c2C(=O)N(C)C3)n1. The number of halogens is 3. The van der Waals surface area contributed by atoms with E-state index in [-0.39, 0.29) is 41.7 Å². The molecule has 1 saturated heterocycles. The number of anilines is 5. The van der Waals surface area contributed by atoms with Gasteiger partial charge in [-0.05, 0) is 43.0 Å². The van der Waals surface area contributed by atoms with Crippen molar-refractivity contribution in [2.24, 2.45) is 5.92 Å². The largest absolute Gasteiger partial charge is 0.495 e. The van der Waals surface area contributed by atoms with E-state index in [1.165, 1.54) is 12.0 Å². The number of methoxy groups -OCH3 is 1. The Hall–Kier alpha value is -3.87. The number of para-hydroxylation sites is 2. The molecule has 0 radical (unpaired) electrons. The number of nitrogens with one attached hydrogen (secondary N) is 2. The lowest BCUT2D eigenvalue weighted by molar-refractivity contribution is -0.137. The number of rotatable bonds is 8. The van der Waals surface area contributed by atoms with Crippen molar-refractivity contribution in [2.45, 2.75) is 25.6 Å². The van der Waals surface area contributed by atoms with E-state index >= 15 is 0 Å². The zero-order valence-electron chi connectivity index (χ0n) is 22.9. The second kappa shape index (κ2) is 11.4. The molecule has 0 bridgehead atoms. The van der Waals surface area contributed by atoms with Crippen molar-refractivity contribution >= 4 is 42.3 Å². The minimum absolute atomic E-state index is 0.107. The lowest BCUT2D eigenvalue weighted by atomic mass is 9.96. The van der Waals surface area contributed by atoms with Crippen LogP contribution < -0.4 is 20.3 Å². The normalized spacial score (nSPS) is 16.0. The van der Waals surface area contributed by atoms with Crippen molar-refractivity contribution in [3.8, 4) is 5.75 Å². The van der Waals surface area contributed by atoms with Crippen molar-refractivity contribution in [1.82, 2.24) is 14.9 Å². The number of hydrogen-bond acceptors (Lipinski definition) is 8. The highest BCUT2D eigenvalue weighted by Gasteiger charge is 2.37. The molecule has 0 spiro atoms. The molecule has 3 heterocycles. The molecule has 5 rings (SSSR count). The summed E-state index contributed by atoms with van der Waals surface area (Å²) in [7, 11) is -1.04. The van der Waals surface area contributed by atoms with Gasteiger partial charge in [0.15, 0.2) is 0 Å². The van der Waals surface area contributed by atoms with Gasteiger partial charge in [-0.15, -0.1) is 0 Å². The van der Waals surface area contributed by atoms with Crippen LogP contribution in [0.3, 0.4) is 0 Å². The fourth-order valence-corrected chi connectivity index (χ4v) is 6.41. The average Bonchev–Trinajstić information content (AvgIpc) is 3.22. The Morgan fingerprint density at radius 3 is 2.48 bits per heavy atom. The topological polar surface area (TPSA) is 140 Å². The molecule has 2 aliphatic heterocycles. The molecule has 1 fully saturated rings. The van der Waals surface area contributed by atoms with E-state index in [0.717, 1.165) is 5.69 Å². The maximum Gasteiger partial charge on any atom is 0.421 e. The molecule has 4 N–H and O–H groups in total. The number of carbonyl (C=O) groups excluding carboxylic acids is 1. The number of nitrogens with zero attached hydrogens (tertiary/aromatic N) is 4. The van der Waals surface area contributed by atoms with E-state index in [4.69, 9.17) is 4.74 Å². The Morgan fingerprint density at radius 2 is 1.81 bits per heavy atom. The first-order valence-electron chi connectivity index (χ1n) is 13.2. The van der Waals surface area contributed by atoms with Gasteiger partial charge >= 0.3 is 13.8 Å². The van der Waals surface area contributed by atoms with E-state index in [1.807, 2.05) is 4.90 Å². The van der Waals surface area contributed by atoms with Gasteiger partial charge in [0.25, 0.3) is 5.91 Å².